The molecule has 0 aliphatic heterocycles. The standard InChI is InChI=1S/C21H23N5/c1-2-8-17(9-3-1)21-25-19(23-15-16-7-6-12-22-14-16)13-20(26-21)24-18-10-4-5-11-18/h1-3,6-9,12-14,18H,4-5,10-11,15H2,(H2,23,24,25,26). The monoisotopic (exact) mass is 345 g/mol. The summed E-state index contributed by atoms with van der Waals surface area (Å²) in [6.45, 7) is 0.682. The average Bonchev–Trinajstić information content (AvgIpc) is 3.21. The Morgan fingerprint density at radius 1 is 0.923 bits per heavy atom. The predicted octanol–water partition coefficient (Wildman–Crippen LogP) is 4.51. The van der Waals surface area contributed by atoms with Gasteiger partial charge in [0.15, 0.2) is 5.82 Å². The number of rotatable bonds is 6. The van der Waals surface area contributed by atoms with E-state index in [2.05, 4.69) is 21.7 Å². The first-order valence-corrected chi connectivity index (χ1v) is 9.21. The maximum atomic E-state index is 4.75. The Balaban J connectivity index is 1.58. The summed E-state index contributed by atoms with van der Waals surface area (Å²) in [4.78, 5) is 13.6. The largest absolute Gasteiger partial charge is 0.367 e. The molecule has 0 bridgehead atoms. The average molecular weight is 345 g/mol. The molecule has 2 N–H and O–H groups in total. The highest BCUT2D eigenvalue weighted by Crippen LogP contribution is 2.25. The van der Waals surface area contributed by atoms with Crippen LogP contribution in [0.3, 0.4) is 0 Å². The van der Waals surface area contributed by atoms with Crippen molar-refractivity contribution >= 4 is 11.6 Å². The van der Waals surface area contributed by atoms with E-state index in [-0.39, 0.29) is 0 Å². The second-order valence-corrected chi connectivity index (χ2v) is 6.67. The van der Waals surface area contributed by atoms with Crippen LogP contribution in [0, 0.1) is 0 Å². The number of nitrogens with zero attached hydrogens (tertiary/aromatic N) is 3. The highest BCUT2D eigenvalue weighted by atomic mass is 15.1. The third-order valence-electron chi connectivity index (χ3n) is 4.66. The summed E-state index contributed by atoms with van der Waals surface area (Å²) in [6.07, 6.45) is 8.66. The number of nitrogens with one attached hydrogen (secondary N) is 2. The van der Waals surface area contributed by atoms with E-state index in [0.717, 1.165) is 28.6 Å². The van der Waals surface area contributed by atoms with Crippen LogP contribution in [0.15, 0.2) is 60.9 Å². The van der Waals surface area contributed by atoms with Crippen LogP contribution in [0.2, 0.25) is 0 Å². The summed E-state index contributed by atoms with van der Waals surface area (Å²) in [6, 6.07) is 16.6. The molecule has 5 heteroatoms. The Kier molecular flexibility index (Phi) is 5.05. The van der Waals surface area contributed by atoms with Gasteiger partial charge in [-0.15, -0.1) is 0 Å². The molecule has 0 atom stereocenters. The van der Waals surface area contributed by atoms with Crippen molar-refractivity contribution in [1.29, 1.82) is 0 Å². The van der Waals surface area contributed by atoms with Crippen molar-refractivity contribution in [3.63, 3.8) is 0 Å². The van der Waals surface area contributed by atoms with Crippen molar-refractivity contribution in [2.75, 3.05) is 10.6 Å². The lowest BCUT2D eigenvalue weighted by Crippen LogP contribution is -2.16. The second-order valence-electron chi connectivity index (χ2n) is 6.67. The summed E-state index contributed by atoms with van der Waals surface area (Å²) in [5.74, 6) is 2.45. The van der Waals surface area contributed by atoms with E-state index in [9.17, 15) is 0 Å². The number of anilines is 2. The minimum Gasteiger partial charge on any atom is -0.367 e. The number of benzene rings is 1. The molecule has 1 aromatic carbocycles. The van der Waals surface area contributed by atoms with E-state index in [1.165, 1.54) is 25.7 Å². The van der Waals surface area contributed by atoms with Gasteiger partial charge in [0.2, 0.25) is 0 Å². The van der Waals surface area contributed by atoms with Crippen molar-refractivity contribution in [2.45, 2.75) is 38.3 Å². The second kappa shape index (κ2) is 7.95. The molecule has 1 saturated carbocycles. The van der Waals surface area contributed by atoms with Gasteiger partial charge in [0, 0.05) is 36.6 Å². The Morgan fingerprint density at radius 2 is 1.73 bits per heavy atom. The van der Waals surface area contributed by atoms with Gasteiger partial charge in [0.25, 0.3) is 0 Å². The normalized spacial score (nSPS) is 14.3. The molecule has 26 heavy (non-hydrogen) atoms. The first-order chi connectivity index (χ1) is 12.9. The lowest BCUT2D eigenvalue weighted by Gasteiger charge is -2.15. The molecule has 0 radical (unpaired) electrons. The predicted molar refractivity (Wildman–Crippen MR) is 105 cm³/mol. The minimum atomic E-state index is 0.514. The smallest absolute Gasteiger partial charge is 0.163 e. The molecule has 2 aromatic heterocycles. The maximum Gasteiger partial charge on any atom is 0.163 e. The molecule has 0 saturated heterocycles. The molecule has 0 unspecified atom stereocenters. The molecular weight excluding hydrogens is 322 g/mol. The molecule has 1 aliphatic carbocycles. The van der Waals surface area contributed by atoms with Crippen LogP contribution >= 0.6 is 0 Å². The summed E-state index contributed by atoms with van der Waals surface area (Å²) in [5.41, 5.74) is 2.14. The van der Waals surface area contributed by atoms with Crippen LogP contribution in [0.25, 0.3) is 11.4 Å². The first kappa shape index (κ1) is 16.5. The Labute approximate surface area is 153 Å². The van der Waals surface area contributed by atoms with Crippen LogP contribution in [0.4, 0.5) is 11.6 Å². The van der Waals surface area contributed by atoms with E-state index in [1.54, 1.807) is 6.20 Å². The molecule has 4 rings (SSSR count). The Hall–Kier alpha value is -2.95. The zero-order valence-corrected chi connectivity index (χ0v) is 14.7. The van der Waals surface area contributed by atoms with Crippen molar-refractivity contribution in [3.05, 3.63) is 66.5 Å². The molecule has 2 heterocycles. The van der Waals surface area contributed by atoms with Crippen LogP contribution in [0.5, 0.6) is 0 Å². The van der Waals surface area contributed by atoms with Gasteiger partial charge in [-0.2, -0.15) is 0 Å². The van der Waals surface area contributed by atoms with E-state index < -0.39 is 0 Å². The molecule has 0 spiro atoms. The molecule has 0 amide bonds. The summed E-state index contributed by atoms with van der Waals surface area (Å²) < 4.78 is 0. The van der Waals surface area contributed by atoms with E-state index in [0.29, 0.717) is 12.6 Å². The minimum absolute atomic E-state index is 0.514. The zero-order chi connectivity index (χ0) is 17.6. The molecule has 1 fully saturated rings. The number of pyridine rings is 1. The van der Waals surface area contributed by atoms with Gasteiger partial charge in [-0.3, -0.25) is 4.98 Å². The Bertz CT molecular complexity index is 830. The molecule has 1 aliphatic rings. The lowest BCUT2D eigenvalue weighted by atomic mass is 10.2. The molecule has 5 nitrogen and oxygen atoms in total. The summed E-state index contributed by atoms with van der Waals surface area (Å²) in [7, 11) is 0. The van der Waals surface area contributed by atoms with Gasteiger partial charge in [0.1, 0.15) is 11.6 Å². The number of hydrogen-bond donors (Lipinski definition) is 2. The fourth-order valence-corrected chi connectivity index (χ4v) is 3.30. The number of hydrogen-bond acceptors (Lipinski definition) is 5. The van der Waals surface area contributed by atoms with Crippen molar-refractivity contribution in [1.82, 2.24) is 15.0 Å². The first-order valence-electron chi connectivity index (χ1n) is 9.21. The van der Waals surface area contributed by atoms with E-state index in [1.807, 2.05) is 48.7 Å². The van der Waals surface area contributed by atoms with Crippen molar-refractivity contribution < 1.29 is 0 Å². The Morgan fingerprint density at radius 3 is 2.50 bits per heavy atom. The van der Waals surface area contributed by atoms with Crippen LogP contribution in [0.1, 0.15) is 31.2 Å². The fraction of sp³-hybridized carbons (Fsp3) is 0.286. The topological polar surface area (TPSA) is 62.7 Å². The molecule has 132 valence electrons. The van der Waals surface area contributed by atoms with Gasteiger partial charge in [-0.1, -0.05) is 49.2 Å². The van der Waals surface area contributed by atoms with Gasteiger partial charge < -0.3 is 10.6 Å². The molecular formula is C21H23N5. The van der Waals surface area contributed by atoms with Crippen molar-refractivity contribution in [2.24, 2.45) is 0 Å². The third-order valence-corrected chi connectivity index (χ3v) is 4.66. The quantitative estimate of drug-likeness (QED) is 0.688. The fourth-order valence-electron chi connectivity index (χ4n) is 3.30. The van der Waals surface area contributed by atoms with Crippen LogP contribution < -0.4 is 10.6 Å². The lowest BCUT2D eigenvalue weighted by molar-refractivity contribution is 0.750. The highest BCUT2D eigenvalue weighted by Gasteiger charge is 2.16. The zero-order valence-electron chi connectivity index (χ0n) is 14.7. The third kappa shape index (κ3) is 4.17. The van der Waals surface area contributed by atoms with E-state index in [4.69, 9.17) is 9.97 Å². The highest BCUT2D eigenvalue weighted by molar-refractivity contribution is 5.61. The van der Waals surface area contributed by atoms with Crippen molar-refractivity contribution in [3.8, 4) is 11.4 Å². The van der Waals surface area contributed by atoms with Gasteiger partial charge in [-0.05, 0) is 24.5 Å². The van der Waals surface area contributed by atoms with Gasteiger partial charge in [0.05, 0.1) is 0 Å². The van der Waals surface area contributed by atoms with Gasteiger partial charge in [-0.25, -0.2) is 9.97 Å². The maximum absolute atomic E-state index is 4.75. The van der Waals surface area contributed by atoms with Crippen LogP contribution in [-0.2, 0) is 6.54 Å². The molecule has 3 aromatic rings. The van der Waals surface area contributed by atoms with Gasteiger partial charge >= 0.3 is 0 Å². The summed E-state index contributed by atoms with van der Waals surface area (Å²) >= 11 is 0. The number of aromatic nitrogens is 3. The summed E-state index contributed by atoms with van der Waals surface area (Å²) in [5, 5.41) is 6.99. The SMILES string of the molecule is c1ccc(-c2nc(NCc3cccnc3)cc(NC3CCCC3)n2)cc1. The van der Waals surface area contributed by atoms with E-state index >= 15 is 0 Å². The van der Waals surface area contributed by atoms with Crippen LogP contribution in [-0.4, -0.2) is 21.0 Å².